The predicted molar refractivity (Wildman–Crippen MR) is 74.9 cm³/mol. The highest BCUT2D eigenvalue weighted by Gasteiger charge is 2.38. The van der Waals surface area contributed by atoms with Crippen LogP contribution in [0.5, 0.6) is 5.75 Å². The standard InChI is InChI=1S/C15H14N2OS/c16-10-15(6-1-7-15)11-18-13-4-2-12(3-5-13)14-17-8-9-19-14/h2-5,8-9H,1,6-7,11H2. The third kappa shape index (κ3) is 2.47. The molecule has 1 heterocycles. The van der Waals surface area contributed by atoms with E-state index in [1.54, 1.807) is 17.5 Å². The first-order valence-corrected chi connectivity index (χ1v) is 7.23. The van der Waals surface area contributed by atoms with Gasteiger partial charge in [-0.2, -0.15) is 5.26 Å². The van der Waals surface area contributed by atoms with Crippen molar-refractivity contribution >= 4 is 11.3 Å². The number of aromatic nitrogens is 1. The van der Waals surface area contributed by atoms with E-state index in [1.807, 2.05) is 29.6 Å². The van der Waals surface area contributed by atoms with Crippen LogP contribution in [0.1, 0.15) is 19.3 Å². The van der Waals surface area contributed by atoms with Crippen molar-refractivity contribution in [2.45, 2.75) is 19.3 Å². The zero-order valence-corrected chi connectivity index (χ0v) is 11.3. The van der Waals surface area contributed by atoms with Crippen molar-refractivity contribution in [2.75, 3.05) is 6.61 Å². The maximum Gasteiger partial charge on any atom is 0.123 e. The molecule has 0 saturated heterocycles. The number of benzene rings is 1. The van der Waals surface area contributed by atoms with E-state index in [4.69, 9.17) is 10.00 Å². The monoisotopic (exact) mass is 270 g/mol. The van der Waals surface area contributed by atoms with E-state index in [1.165, 1.54) is 0 Å². The summed E-state index contributed by atoms with van der Waals surface area (Å²) in [6.07, 6.45) is 4.86. The zero-order chi connectivity index (χ0) is 13.1. The molecule has 0 aliphatic heterocycles. The van der Waals surface area contributed by atoms with Gasteiger partial charge in [-0.25, -0.2) is 4.98 Å². The summed E-state index contributed by atoms with van der Waals surface area (Å²) in [6.45, 7) is 0.500. The second-order valence-corrected chi connectivity index (χ2v) is 5.79. The molecule has 1 aliphatic carbocycles. The normalized spacial score (nSPS) is 16.4. The molecule has 1 aromatic heterocycles. The zero-order valence-electron chi connectivity index (χ0n) is 10.5. The number of hydrogen-bond acceptors (Lipinski definition) is 4. The van der Waals surface area contributed by atoms with E-state index in [0.29, 0.717) is 6.61 Å². The first kappa shape index (κ1) is 12.2. The molecule has 1 saturated carbocycles. The van der Waals surface area contributed by atoms with Crippen LogP contribution in [0.15, 0.2) is 35.8 Å². The summed E-state index contributed by atoms with van der Waals surface area (Å²) < 4.78 is 5.74. The van der Waals surface area contributed by atoms with Gasteiger partial charge in [-0.15, -0.1) is 11.3 Å². The molecule has 0 bridgehead atoms. The fraction of sp³-hybridized carbons (Fsp3) is 0.333. The Bertz CT molecular complexity index is 580. The number of rotatable bonds is 4. The van der Waals surface area contributed by atoms with Crippen molar-refractivity contribution in [2.24, 2.45) is 5.41 Å². The molecule has 0 unspecified atom stereocenters. The molecule has 0 amide bonds. The van der Waals surface area contributed by atoms with Crippen molar-refractivity contribution in [1.82, 2.24) is 4.98 Å². The van der Waals surface area contributed by atoms with Gasteiger partial charge in [-0.3, -0.25) is 0 Å². The average Bonchev–Trinajstić information content (AvgIpc) is 2.93. The lowest BCUT2D eigenvalue weighted by atomic mass is 9.71. The van der Waals surface area contributed by atoms with Crippen LogP contribution in [0.25, 0.3) is 10.6 Å². The molecule has 0 N–H and O–H groups in total. The maximum atomic E-state index is 9.15. The molecule has 1 aromatic carbocycles. The molecule has 1 aliphatic rings. The van der Waals surface area contributed by atoms with Crippen LogP contribution < -0.4 is 4.74 Å². The SMILES string of the molecule is N#CC1(COc2ccc(-c3nccs3)cc2)CCC1. The molecule has 19 heavy (non-hydrogen) atoms. The predicted octanol–water partition coefficient (Wildman–Crippen LogP) is 3.88. The molecule has 4 heteroatoms. The molecule has 96 valence electrons. The molecule has 2 aromatic rings. The molecule has 0 spiro atoms. The molecule has 0 radical (unpaired) electrons. The molecular formula is C15H14N2OS. The van der Waals surface area contributed by atoms with Gasteiger partial charge in [0.25, 0.3) is 0 Å². The maximum absolute atomic E-state index is 9.15. The first-order valence-electron chi connectivity index (χ1n) is 6.35. The third-order valence-corrected chi connectivity index (χ3v) is 4.42. The third-order valence-electron chi connectivity index (χ3n) is 3.60. The minimum atomic E-state index is -0.242. The van der Waals surface area contributed by atoms with Crippen LogP contribution >= 0.6 is 11.3 Å². The largest absolute Gasteiger partial charge is 0.492 e. The lowest BCUT2D eigenvalue weighted by Crippen LogP contribution is -2.34. The summed E-state index contributed by atoms with van der Waals surface area (Å²) in [5.74, 6) is 0.821. The van der Waals surface area contributed by atoms with E-state index in [-0.39, 0.29) is 5.41 Å². The number of nitrogens with zero attached hydrogens (tertiary/aromatic N) is 2. The van der Waals surface area contributed by atoms with Crippen LogP contribution in [0.2, 0.25) is 0 Å². The summed E-state index contributed by atoms with van der Waals surface area (Å²) in [6, 6.07) is 10.3. The molecule has 0 atom stereocenters. The molecule has 3 rings (SSSR count). The number of thiazole rings is 1. The second kappa shape index (κ2) is 5.02. The van der Waals surface area contributed by atoms with E-state index in [2.05, 4.69) is 11.1 Å². The fourth-order valence-corrected chi connectivity index (χ4v) is 2.82. The Hall–Kier alpha value is -1.86. The van der Waals surface area contributed by atoms with Gasteiger partial charge in [-0.1, -0.05) is 6.42 Å². The van der Waals surface area contributed by atoms with Crippen LogP contribution in [-0.2, 0) is 0 Å². The van der Waals surface area contributed by atoms with Crippen LogP contribution in [0, 0.1) is 16.7 Å². The fourth-order valence-electron chi connectivity index (χ4n) is 2.17. The van der Waals surface area contributed by atoms with Gasteiger partial charge < -0.3 is 4.74 Å². The summed E-state index contributed by atoms with van der Waals surface area (Å²) in [7, 11) is 0. The molecule has 3 nitrogen and oxygen atoms in total. The van der Waals surface area contributed by atoms with Crippen molar-refractivity contribution in [3.63, 3.8) is 0 Å². The van der Waals surface area contributed by atoms with Gasteiger partial charge >= 0.3 is 0 Å². The van der Waals surface area contributed by atoms with Gasteiger partial charge in [0.15, 0.2) is 0 Å². The Morgan fingerprint density at radius 2 is 2.11 bits per heavy atom. The molecular weight excluding hydrogens is 256 g/mol. The summed E-state index contributed by atoms with van der Waals surface area (Å²) in [5.41, 5.74) is 0.856. The van der Waals surface area contributed by atoms with Crippen LogP contribution in [-0.4, -0.2) is 11.6 Å². The van der Waals surface area contributed by atoms with Gasteiger partial charge in [-0.05, 0) is 37.1 Å². The summed E-state index contributed by atoms with van der Waals surface area (Å²) >= 11 is 1.62. The number of nitriles is 1. The van der Waals surface area contributed by atoms with Gasteiger partial charge in [0, 0.05) is 17.1 Å². The quantitative estimate of drug-likeness (QED) is 0.847. The Morgan fingerprint density at radius 3 is 2.63 bits per heavy atom. The Kier molecular flexibility index (Phi) is 3.22. The topological polar surface area (TPSA) is 45.9 Å². The van der Waals surface area contributed by atoms with Crippen molar-refractivity contribution in [1.29, 1.82) is 5.26 Å². The van der Waals surface area contributed by atoms with E-state index >= 15 is 0 Å². The van der Waals surface area contributed by atoms with Crippen molar-refractivity contribution < 1.29 is 4.74 Å². The number of hydrogen-bond donors (Lipinski definition) is 0. The van der Waals surface area contributed by atoms with Gasteiger partial charge in [0.1, 0.15) is 17.4 Å². The Morgan fingerprint density at radius 1 is 1.32 bits per heavy atom. The van der Waals surface area contributed by atoms with Crippen molar-refractivity contribution in [3.8, 4) is 22.4 Å². The van der Waals surface area contributed by atoms with Gasteiger partial charge in [0.05, 0.1) is 11.5 Å². The Balaban J connectivity index is 1.65. The van der Waals surface area contributed by atoms with E-state index in [9.17, 15) is 0 Å². The highest BCUT2D eigenvalue weighted by atomic mass is 32.1. The van der Waals surface area contributed by atoms with Crippen LogP contribution in [0.3, 0.4) is 0 Å². The highest BCUT2D eigenvalue weighted by molar-refractivity contribution is 7.13. The first-order chi connectivity index (χ1) is 9.31. The molecule has 1 fully saturated rings. The van der Waals surface area contributed by atoms with E-state index in [0.717, 1.165) is 35.6 Å². The highest BCUT2D eigenvalue weighted by Crippen LogP contribution is 2.40. The average molecular weight is 270 g/mol. The summed E-state index contributed by atoms with van der Waals surface area (Å²) in [5, 5.41) is 12.1. The number of ether oxygens (including phenoxy) is 1. The van der Waals surface area contributed by atoms with Gasteiger partial charge in [0.2, 0.25) is 0 Å². The smallest absolute Gasteiger partial charge is 0.123 e. The summed E-state index contributed by atoms with van der Waals surface area (Å²) in [4.78, 5) is 4.27. The minimum Gasteiger partial charge on any atom is -0.492 e. The lowest BCUT2D eigenvalue weighted by molar-refractivity contribution is 0.115. The van der Waals surface area contributed by atoms with E-state index < -0.39 is 0 Å². The van der Waals surface area contributed by atoms with Crippen LogP contribution in [0.4, 0.5) is 0 Å². The minimum absolute atomic E-state index is 0.242. The second-order valence-electron chi connectivity index (χ2n) is 4.90. The lowest BCUT2D eigenvalue weighted by Gasteiger charge is -2.34. The Labute approximate surface area is 116 Å². The van der Waals surface area contributed by atoms with Crippen molar-refractivity contribution in [3.05, 3.63) is 35.8 Å².